The van der Waals surface area contributed by atoms with Gasteiger partial charge in [-0.3, -0.25) is 9.71 Å². The third kappa shape index (κ3) is 3.36. The zero-order chi connectivity index (χ0) is 14.6. The Kier molecular flexibility index (Phi) is 4.39. The van der Waals surface area contributed by atoms with Crippen molar-refractivity contribution in [2.45, 2.75) is 31.1 Å². The van der Waals surface area contributed by atoms with Crippen LogP contribution in [0.2, 0.25) is 0 Å². The lowest BCUT2D eigenvalue weighted by atomic mass is 9.99. The maximum atomic E-state index is 12.2. The molecule has 0 bridgehead atoms. The van der Waals surface area contributed by atoms with Crippen LogP contribution in [0.15, 0.2) is 53.7 Å². The van der Waals surface area contributed by atoms with Gasteiger partial charge in [0.2, 0.25) is 0 Å². The van der Waals surface area contributed by atoms with Gasteiger partial charge < -0.3 is 0 Å². The smallest absolute Gasteiger partial charge is 0.261 e. The first-order valence-electron chi connectivity index (χ1n) is 6.55. The monoisotopic (exact) mass is 290 g/mol. The molecule has 0 radical (unpaired) electrons. The van der Waals surface area contributed by atoms with E-state index in [1.54, 1.807) is 30.5 Å². The van der Waals surface area contributed by atoms with Gasteiger partial charge in [0.1, 0.15) is 0 Å². The molecule has 0 aliphatic rings. The second-order valence-corrected chi connectivity index (χ2v) is 6.41. The van der Waals surface area contributed by atoms with E-state index in [1.807, 2.05) is 12.1 Å². The molecule has 1 N–H and O–H groups in total. The highest BCUT2D eigenvalue weighted by Gasteiger charge is 2.14. The van der Waals surface area contributed by atoms with Crippen molar-refractivity contribution in [2.24, 2.45) is 0 Å². The van der Waals surface area contributed by atoms with Gasteiger partial charge in [0.25, 0.3) is 10.0 Å². The predicted molar refractivity (Wildman–Crippen MR) is 80.2 cm³/mol. The average Bonchev–Trinajstić information content (AvgIpc) is 2.47. The van der Waals surface area contributed by atoms with Crippen LogP contribution in [-0.4, -0.2) is 13.4 Å². The first-order chi connectivity index (χ1) is 9.53. The van der Waals surface area contributed by atoms with Crippen molar-refractivity contribution in [3.8, 4) is 0 Å². The van der Waals surface area contributed by atoms with Crippen LogP contribution in [0.4, 0.5) is 5.69 Å². The van der Waals surface area contributed by atoms with Gasteiger partial charge >= 0.3 is 0 Å². The number of rotatable bonds is 5. The van der Waals surface area contributed by atoms with Crippen molar-refractivity contribution in [1.29, 1.82) is 0 Å². The molecule has 0 spiro atoms. The van der Waals surface area contributed by atoms with Crippen LogP contribution < -0.4 is 4.72 Å². The minimum Gasteiger partial charge on any atom is -0.278 e. The first kappa shape index (κ1) is 14.5. The number of hydrogen-bond donors (Lipinski definition) is 1. The minimum absolute atomic E-state index is 0.258. The van der Waals surface area contributed by atoms with E-state index in [1.165, 1.54) is 6.20 Å². The standard InChI is InChI=1S/C15H18N2O2S/c1-3-12(2)13-6-8-15(9-7-13)20(18,19)17-14-5-4-10-16-11-14/h4-12,17H,3H2,1-2H3/t12-/m0/s1. The zero-order valence-electron chi connectivity index (χ0n) is 11.6. The Morgan fingerprint density at radius 2 is 1.90 bits per heavy atom. The Labute approximate surface area is 119 Å². The maximum Gasteiger partial charge on any atom is 0.261 e. The topological polar surface area (TPSA) is 59.1 Å². The van der Waals surface area contributed by atoms with Crippen LogP contribution >= 0.6 is 0 Å². The molecule has 106 valence electrons. The quantitative estimate of drug-likeness (QED) is 0.918. The summed E-state index contributed by atoms with van der Waals surface area (Å²) in [5.74, 6) is 0.429. The van der Waals surface area contributed by atoms with E-state index in [9.17, 15) is 8.42 Å². The molecular weight excluding hydrogens is 272 g/mol. The number of nitrogens with one attached hydrogen (secondary N) is 1. The molecule has 4 nitrogen and oxygen atoms in total. The lowest BCUT2D eigenvalue weighted by Gasteiger charge is -2.11. The zero-order valence-corrected chi connectivity index (χ0v) is 12.4. The van der Waals surface area contributed by atoms with E-state index in [4.69, 9.17) is 0 Å². The third-order valence-electron chi connectivity index (χ3n) is 3.29. The molecule has 2 aromatic rings. The highest BCUT2D eigenvalue weighted by Crippen LogP contribution is 2.21. The number of hydrogen-bond acceptors (Lipinski definition) is 3. The first-order valence-corrected chi connectivity index (χ1v) is 8.04. The molecule has 0 amide bonds. The fourth-order valence-electron chi connectivity index (χ4n) is 1.85. The Hall–Kier alpha value is -1.88. The Balaban J connectivity index is 2.22. The summed E-state index contributed by atoms with van der Waals surface area (Å²) in [5, 5.41) is 0. The van der Waals surface area contributed by atoms with Crippen LogP contribution in [0.3, 0.4) is 0 Å². The average molecular weight is 290 g/mol. The van der Waals surface area contributed by atoms with Crippen LogP contribution in [-0.2, 0) is 10.0 Å². The number of sulfonamides is 1. The van der Waals surface area contributed by atoms with Crippen molar-refractivity contribution >= 4 is 15.7 Å². The van der Waals surface area contributed by atoms with Gasteiger partial charge in [0.15, 0.2) is 0 Å². The molecule has 0 aliphatic heterocycles. The molecule has 20 heavy (non-hydrogen) atoms. The Morgan fingerprint density at radius 1 is 1.20 bits per heavy atom. The number of benzene rings is 1. The van der Waals surface area contributed by atoms with E-state index in [0.29, 0.717) is 11.6 Å². The molecule has 0 unspecified atom stereocenters. The summed E-state index contributed by atoms with van der Waals surface area (Å²) in [6, 6.07) is 10.4. The summed E-state index contributed by atoms with van der Waals surface area (Å²) >= 11 is 0. The Morgan fingerprint density at radius 3 is 2.45 bits per heavy atom. The van der Waals surface area contributed by atoms with Gasteiger partial charge in [-0.05, 0) is 42.2 Å². The van der Waals surface area contributed by atoms with Gasteiger partial charge in [-0.25, -0.2) is 8.42 Å². The summed E-state index contributed by atoms with van der Waals surface area (Å²) in [6.07, 6.45) is 4.10. The maximum absolute atomic E-state index is 12.2. The van der Waals surface area contributed by atoms with Crippen LogP contribution in [0.25, 0.3) is 0 Å². The van der Waals surface area contributed by atoms with Gasteiger partial charge in [0, 0.05) is 6.20 Å². The summed E-state index contributed by atoms with van der Waals surface area (Å²) < 4.78 is 26.9. The van der Waals surface area contributed by atoms with Gasteiger partial charge in [0.05, 0.1) is 16.8 Å². The molecule has 1 aromatic carbocycles. The van der Waals surface area contributed by atoms with E-state index >= 15 is 0 Å². The summed E-state index contributed by atoms with van der Waals surface area (Å²) in [7, 11) is -3.55. The van der Waals surface area contributed by atoms with Crippen molar-refractivity contribution in [2.75, 3.05) is 4.72 Å². The van der Waals surface area contributed by atoms with E-state index in [-0.39, 0.29) is 4.90 Å². The van der Waals surface area contributed by atoms with Crippen LogP contribution in [0.5, 0.6) is 0 Å². The predicted octanol–water partition coefficient (Wildman–Crippen LogP) is 3.40. The highest BCUT2D eigenvalue weighted by atomic mass is 32.2. The largest absolute Gasteiger partial charge is 0.278 e. The molecular formula is C15H18N2O2S. The minimum atomic E-state index is -3.55. The number of nitrogens with zero attached hydrogens (tertiary/aromatic N) is 1. The normalized spacial score (nSPS) is 12.9. The van der Waals surface area contributed by atoms with Crippen LogP contribution in [0.1, 0.15) is 31.7 Å². The molecule has 5 heteroatoms. The lowest BCUT2D eigenvalue weighted by Crippen LogP contribution is -2.13. The molecule has 1 atom stereocenters. The number of pyridine rings is 1. The molecule has 0 fully saturated rings. The number of aromatic nitrogens is 1. The SMILES string of the molecule is CC[C@H](C)c1ccc(S(=O)(=O)Nc2cccnc2)cc1. The summed E-state index contributed by atoms with van der Waals surface area (Å²) in [6.45, 7) is 4.23. The molecule has 0 aliphatic carbocycles. The summed E-state index contributed by atoms with van der Waals surface area (Å²) in [5.41, 5.74) is 1.60. The lowest BCUT2D eigenvalue weighted by molar-refractivity contribution is 0.601. The molecule has 1 heterocycles. The second-order valence-electron chi connectivity index (χ2n) is 4.73. The second kappa shape index (κ2) is 6.05. The van der Waals surface area contributed by atoms with Crippen molar-refractivity contribution in [3.05, 3.63) is 54.4 Å². The molecule has 0 saturated carbocycles. The van der Waals surface area contributed by atoms with Gasteiger partial charge in [-0.2, -0.15) is 0 Å². The van der Waals surface area contributed by atoms with E-state index in [2.05, 4.69) is 23.6 Å². The molecule has 1 aromatic heterocycles. The van der Waals surface area contributed by atoms with Crippen molar-refractivity contribution in [3.63, 3.8) is 0 Å². The fraction of sp³-hybridized carbons (Fsp3) is 0.267. The molecule has 2 rings (SSSR count). The van der Waals surface area contributed by atoms with Gasteiger partial charge in [-0.1, -0.05) is 26.0 Å². The third-order valence-corrected chi connectivity index (χ3v) is 4.68. The van der Waals surface area contributed by atoms with E-state index in [0.717, 1.165) is 12.0 Å². The van der Waals surface area contributed by atoms with Gasteiger partial charge in [-0.15, -0.1) is 0 Å². The van der Waals surface area contributed by atoms with E-state index < -0.39 is 10.0 Å². The van der Waals surface area contributed by atoms with Crippen LogP contribution in [0, 0.1) is 0 Å². The molecule has 0 saturated heterocycles. The van der Waals surface area contributed by atoms with Crippen molar-refractivity contribution < 1.29 is 8.42 Å². The van der Waals surface area contributed by atoms with Crippen molar-refractivity contribution in [1.82, 2.24) is 4.98 Å². The fourth-order valence-corrected chi connectivity index (χ4v) is 2.89. The Bertz CT molecular complexity index is 652. The number of anilines is 1. The summed E-state index contributed by atoms with van der Waals surface area (Å²) in [4.78, 5) is 4.14. The highest BCUT2D eigenvalue weighted by molar-refractivity contribution is 7.92.